The van der Waals surface area contributed by atoms with Crippen molar-refractivity contribution in [1.29, 1.82) is 0 Å². The standard InChI is InChI=1S/C6H6Br4O4/c7-1(3(9)5(11)12)2(8)4(10)6(13)14/h1-4H,(H,11,12)(H,13,14). The van der Waals surface area contributed by atoms with Gasteiger partial charge in [-0.05, 0) is 0 Å². The summed E-state index contributed by atoms with van der Waals surface area (Å²) in [6.45, 7) is 0. The molecule has 0 amide bonds. The zero-order chi connectivity index (χ0) is 11.5. The van der Waals surface area contributed by atoms with Gasteiger partial charge in [0.1, 0.15) is 9.65 Å². The second kappa shape index (κ2) is 6.44. The highest BCUT2D eigenvalue weighted by Crippen LogP contribution is 2.29. The smallest absolute Gasteiger partial charge is 0.318 e. The molecule has 4 nitrogen and oxygen atoms in total. The molecule has 0 fully saturated rings. The number of halogens is 4. The number of rotatable bonds is 5. The van der Waals surface area contributed by atoms with Crippen molar-refractivity contribution in [3.05, 3.63) is 0 Å². The van der Waals surface area contributed by atoms with E-state index in [2.05, 4.69) is 63.7 Å². The van der Waals surface area contributed by atoms with Gasteiger partial charge in [-0.25, -0.2) is 0 Å². The predicted molar refractivity (Wildman–Crippen MR) is 66.1 cm³/mol. The number of carbonyl (C=O) groups is 2. The van der Waals surface area contributed by atoms with E-state index in [4.69, 9.17) is 10.2 Å². The molecule has 0 heterocycles. The van der Waals surface area contributed by atoms with E-state index in [1.54, 1.807) is 0 Å². The molecule has 8 heteroatoms. The molecular weight excluding hydrogens is 456 g/mol. The topological polar surface area (TPSA) is 74.6 Å². The highest BCUT2D eigenvalue weighted by molar-refractivity contribution is 9.14. The first-order chi connectivity index (χ1) is 6.29. The lowest BCUT2D eigenvalue weighted by Crippen LogP contribution is -2.38. The molecule has 0 radical (unpaired) electrons. The van der Waals surface area contributed by atoms with Crippen molar-refractivity contribution < 1.29 is 19.8 Å². The quantitative estimate of drug-likeness (QED) is 0.616. The molecule has 0 saturated heterocycles. The second-order valence-corrected chi connectivity index (χ2v) is 6.46. The zero-order valence-electron chi connectivity index (χ0n) is 6.53. The summed E-state index contributed by atoms with van der Waals surface area (Å²) >= 11 is 12.1. The van der Waals surface area contributed by atoms with Gasteiger partial charge < -0.3 is 10.2 Å². The van der Waals surface area contributed by atoms with E-state index >= 15 is 0 Å². The Morgan fingerprint density at radius 2 is 1.00 bits per heavy atom. The minimum atomic E-state index is -1.05. The van der Waals surface area contributed by atoms with Crippen LogP contribution in [0.5, 0.6) is 0 Å². The first-order valence-corrected chi connectivity index (χ1v) is 6.97. The van der Waals surface area contributed by atoms with Gasteiger partial charge in [-0.3, -0.25) is 9.59 Å². The molecule has 14 heavy (non-hydrogen) atoms. The molecule has 0 aliphatic heterocycles. The Hall–Kier alpha value is 0.860. The van der Waals surface area contributed by atoms with Crippen molar-refractivity contribution in [2.45, 2.75) is 19.3 Å². The van der Waals surface area contributed by atoms with Gasteiger partial charge in [0.15, 0.2) is 0 Å². The molecule has 0 saturated carbocycles. The summed E-state index contributed by atoms with van der Waals surface area (Å²) < 4.78 is 0. The maximum atomic E-state index is 10.6. The maximum Gasteiger partial charge on any atom is 0.318 e. The van der Waals surface area contributed by atoms with Gasteiger partial charge in [0, 0.05) is 0 Å². The Morgan fingerprint density at radius 3 is 1.14 bits per heavy atom. The van der Waals surface area contributed by atoms with Crippen molar-refractivity contribution in [1.82, 2.24) is 0 Å². The van der Waals surface area contributed by atoms with Gasteiger partial charge in [0.25, 0.3) is 0 Å². The van der Waals surface area contributed by atoms with E-state index in [9.17, 15) is 9.59 Å². The molecule has 0 aliphatic rings. The van der Waals surface area contributed by atoms with Crippen molar-refractivity contribution in [3.8, 4) is 0 Å². The number of hydrogen-bond acceptors (Lipinski definition) is 2. The van der Waals surface area contributed by atoms with Crippen molar-refractivity contribution in [3.63, 3.8) is 0 Å². The average molecular weight is 462 g/mol. The molecule has 4 unspecified atom stereocenters. The lowest BCUT2D eigenvalue weighted by atomic mass is 10.2. The minimum Gasteiger partial charge on any atom is -0.480 e. The lowest BCUT2D eigenvalue weighted by molar-refractivity contribution is -0.138. The SMILES string of the molecule is O=C(O)C(Br)C(Br)C(Br)C(Br)C(=O)O. The Bertz CT molecular complexity index is 210. The Kier molecular flexibility index (Phi) is 6.84. The fourth-order valence-corrected chi connectivity index (χ4v) is 3.13. The molecule has 0 rings (SSSR count). The van der Waals surface area contributed by atoms with Gasteiger partial charge >= 0.3 is 11.9 Å². The monoisotopic (exact) mass is 458 g/mol. The van der Waals surface area contributed by atoms with Gasteiger partial charge in [-0.15, -0.1) is 0 Å². The van der Waals surface area contributed by atoms with Crippen LogP contribution in [0.2, 0.25) is 0 Å². The molecular formula is C6H6Br4O4. The van der Waals surface area contributed by atoms with Crippen LogP contribution in [0, 0.1) is 0 Å². The van der Waals surface area contributed by atoms with E-state index in [1.807, 2.05) is 0 Å². The third-order valence-corrected chi connectivity index (χ3v) is 7.58. The van der Waals surface area contributed by atoms with Crippen LogP contribution in [0.3, 0.4) is 0 Å². The van der Waals surface area contributed by atoms with E-state index in [1.165, 1.54) is 0 Å². The summed E-state index contributed by atoms with van der Waals surface area (Å²) in [7, 11) is 0. The van der Waals surface area contributed by atoms with Crippen LogP contribution in [0.4, 0.5) is 0 Å². The zero-order valence-corrected chi connectivity index (χ0v) is 12.9. The molecule has 2 N–H and O–H groups in total. The summed E-state index contributed by atoms with van der Waals surface area (Å²) in [4.78, 5) is 18.4. The van der Waals surface area contributed by atoms with Crippen molar-refractivity contribution in [2.75, 3.05) is 0 Å². The minimum absolute atomic E-state index is 0.541. The number of carboxylic acids is 2. The average Bonchev–Trinajstić information content (AvgIpc) is 2.12. The van der Waals surface area contributed by atoms with Crippen molar-refractivity contribution >= 4 is 75.7 Å². The predicted octanol–water partition coefficient (Wildman–Crippen LogP) is 2.21. The summed E-state index contributed by atoms with van der Waals surface area (Å²) in [6.07, 6.45) is 0. The van der Waals surface area contributed by atoms with Crippen molar-refractivity contribution in [2.24, 2.45) is 0 Å². The van der Waals surface area contributed by atoms with E-state index in [0.717, 1.165) is 0 Å². The van der Waals surface area contributed by atoms with E-state index in [0.29, 0.717) is 0 Å². The molecule has 0 aromatic rings. The van der Waals surface area contributed by atoms with Gasteiger partial charge in [-0.1, -0.05) is 63.7 Å². The third-order valence-electron chi connectivity index (χ3n) is 1.34. The van der Waals surface area contributed by atoms with Gasteiger partial charge in [-0.2, -0.15) is 0 Å². The number of carboxylic acid groups (broad SMARTS) is 2. The fraction of sp³-hybridized carbons (Fsp3) is 0.667. The molecule has 0 bridgehead atoms. The Labute approximate surface area is 114 Å². The number of aliphatic carboxylic acids is 2. The summed E-state index contributed by atoms with van der Waals surface area (Å²) in [5.74, 6) is -2.11. The van der Waals surface area contributed by atoms with E-state index < -0.39 is 31.2 Å². The molecule has 0 aromatic heterocycles. The normalized spacial score (nSPS) is 19.4. The van der Waals surface area contributed by atoms with Crippen LogP contribution in [-0.2, 0) is 9.59 Å². The highest BCUT2D eigenvalue weighted by atomic mass is 79.9. The molecule has 0 aromatic carbocycles. The summed E-state index contributed by atoms with van der Waals surface area (Å²) in [6, 6.07) is 0. The molecule has 0 aliphatic carbocycles. The molecule has 0 spiro atoms. The fourth-order valence-electron chi connectivity index (χ4n) is 0.595. The largest absolute Gasteiger partial charge is 0.480 e. The number of alkyl halides is 4. The van der Waals surface area contributed by atoms with Crippen LogP contribution in [0.1, 0.15) is 0 Å². The highest BCUT2D eigenvalue weighted by Gasteiger charge is 2.35. The maximum absolute atomic E-state index is 10.6. The second-order valence-electron chi connectivity index (χ2n) is 2.37. The van der Waals surface area contributed by atoms with Crippen LogP contribution in [0.25, 0.3) is 0 Å². The number of hydrogen-bond donors (Lipinski definition) is 2. The first kappa shape index (κ1) is 14.9. The first-order valence-electron chi connectivity index (χ1n) is 3.31. The van der Waals surface area contributed by atoms with Crippen LogP contribution < -0.4 is 0 Å². The third kappa shape index (κ3) is 4.16. The van der Waals surface area contributed by atoms with Gasteiger partial charge in [0.05, 0.1) is 9.65 Å². The summed E-state index contributed by atoms with van der Waals surface area (Å²) in [5, 5.41) is 17.3. The van der Waals surface area contributed by atoms with Crippen LogP contribution in [0.15, 0.2) is 0 Å². The van der Waals surface area contributed by atoms with Gasteiger partial charge in [0.2, 0.25) is 0 Å². The molecule has 82 valence electrons. The molecule has 4 atom stereocenters. The van der Waals surface area contributed by atoms with Crippen LogP contribution in [-0.4, -0.2) is 41.5 Å². The lowest BCUT2D eigenvalue weighted by Gasteiger charge is -2.21. The summed E-state index contributed by atoms with van der Waals surface area (Å²) in [5.41, 5.74) is 0. The Morgan fingerprint density at radius 1 is 0.786 bits per heavy atom. The van der Waals surface area contributed by atoms with E-state index in [-0.39, 0.29) is 0 Å². The van der Waals surface area contributed by atoms with Crippen LogP contribution >= 0.6 is 63.7 Å². The Balaban J connectivity index is 4.45.